The number of hydrogen-bond donors (Lipinski definition) is 2. The summed E-state index contributed by atoms with van der Waals surface area (Å²) in [5, 5.41) is 7.57. The molecule has 1 aromatic carbocycles. The SMILES string of the molecule is COC(c1ccc(C2CCC(C(OC(C)C)C3CCCCC3)NC2)cc1)C1CCCCN1. The highest BCUT2D eigenvalue weighted by molar-refractivity contribution is 5.28. The van der Waals surface area contributed by atoms with E-state index in [1.807, 2.05) is 7.11 Å². The van der Waals surface area contributed by atoms with Crippen molar-refractivity contribution in [3.05, 3.63) is 35.4 Å². The molecule has 0 spiro atoms. The van der Waals surface area contributed by atoms with E-state index >= 15 is 0 Å². The van der Waals surface area contributed by atoms with Gasteiger partial charge in [0.1, 0.15) is 0 Å². The van der Waals surface area contributed by atoms with Crippen LogP contribution in [0.1, 0.15) is 101 Å². The number of benzene rings is 1. The van der Waals surface area contributed by atoms with E-state index in [1.165, 1.54) is 75.3 Å². The number of hydrogen-bond acceptors (Lipinski definition) is 4. The Morgan fingerprint density at radius 2 is 1.56 bits per heavy atom. The lowest BCUT2D eigenvalue weighted by Gasteiger charge is -2.41. The maximum Gasteiger partial charge on any atom is 0.0973 e. The molecule has 5 unspecified atom stereocenters. The van der Waals surface area contributed by atoms with Crippen molar-refractivity contribution in [3.8, 4) is 0 Å². The number of ether oxygens (including phenoxy) is 2. The van der Waals surface area contributed by atoms with Crippen molar-refractivity contribution in [1.29, 1.82) is 0 Å². The molecule has 0 radical (unpaired) electrons. The summed E-state index contributed by atoms with van der Waals surface area (Å²) in [6.45, 7) is 6.56. The van der Waals surface area contributed by atoms with Gasteiger partial charge in [-0.3, -0.25) is 0 Å². The van der Waals surface area contributed by atoms with E-state index in [4.69, 9.17) is 9.47 Å². The minimum atomic E-state index is 0.155. The summed E-state index contributed by atoms with van der Waals surface area (Å²) in [7, 11) is 1.85. The van der Waals surface area contributed by atoms with Crippen LogP contribution in [-0.4, -0.2) is 44.5 Å². The van der Waals surface area contributed by atoms with Crippen LogP contribution >= 0.6 is 0 Å². The standard InChI is InChI=1S/C28H46N2O2/c1-20(2)32-28(22-9-5-4-6-10-22)26-17-16-24(19-30-26)21-12-14-23(15-13-21)27(31-3)25-11-7-8-18-29-25/h12-15,20,22,24-30H,4-11,16-19H2,1-3H3. The van der Waals surface area contributed by atoms with Gasteiger partial charge in [0.25, 0.3) is 0 Å². The highest BCUT2D eigenvalue weighted by Crippen LogP contribution is 2.35. The maximum absolute atomic E-state index is 6.50. The second-order valence-electron chi connectivity index (χ2n) is 10.7. The number of nitrogens with one attached hydrogen (secondary N) is 2. The Balaban J connectivity index is 1.34. The Labute approximate surface area is 196 Å². The molecule has 1 aromatic rings. The number of rotatable bonds is 8. The lowest BCUT2D eigenvalue weighted by molar-refractivity contribution is -0.0605. The van der Waals surface area contributed by atoms with E-state index in [0.29, 0.717) is 30.2 Å². The molecule has 1 saturated carbocycles. The van der Waals surface area contributed by atoms with Crippen molar-refractivity contribution in [2.75, 3.05) is 20.2 Å². The fourth-order valence-electron chi connectivity index (χ4n) is 6.38. The monoisotopic (exact) mass is 442 g/mol. The Morgan fingerprint density at radius 1 is 0.812 bits per heavy atom. The molecule has 4 nitrogen and oxygen atoms in total. The van der Waals surface area contributed by atoms with Crippen LogP contribution in [0, 0.1) is 5.92 Å². The molecule has 1 aliphatic carbocycles. The lowest BCUT2D eigenvalue weighted by Crippen LogP contribution is -2.50. The van der Waals surface area contributed by atoms with Gasteiger partial charge < -0.3 is 20.1 Å². The predicted molar refractivity (Wildman–Crippen MR) is 132 cm³/mol. The molecule has 2 saturated heterocycles. The first-order valence-electron chi connectivity index (χ1n) is 13.4. The molecule has 2 heterocycles. The van der Waals surface area contributed by atoms with Crippen LogP contribution < -0.4 is 10.6 Å². The Kier molecular flexibility index (Phi) is 9.05. The molecule has 2 aliphatic heterocycles. The summed E-state index contributed by atoms with van der Waals surface area (Å²) in [6, 6.07) is 10.2. The van der Waals surface area contributed by atoms with Crippen LogP contribution in [0.4, 0.5) is 0 Å². The zero-order valence-corrected chi connectivity index (χ0v) is 20.7. The third kappa shape index (κ3) is 6.14. The van der Waals surface area contributed by atoms with Crippen molar-refractivity contribution in [2.24, 2.45) is 5.92 Å². The minimum absolute atomic E-state index is 0.155. The van der Waals surface area contributed by atoms with Gasteiger partial charge >= 0.3 is 0 Å². The summed E-state index contributed by atoms with van der Waals surface area (Å²) in [6.07, 6.45) is 13.9. The highest BCUT2D eigenvalue weighted by Gasteiger charge is 2.35. The quantitative estimate of drug-likeness (QED) is 0.540. The first-order chi connectivity index (χ1) is 15.7. The van der Waals surface area contributed by atoms with Gasteiger partial charge in [-0.1, -0.05) is 49.9 Å². The summed E-state index contributed by atoms with van der Waals surface area (Å²) >= 11 is 0. The molecular formula is C28H46N2O2. The first kappa shape index (κ1) is 24.2. The average Bonchev–Trinajstić information content (AvgIpc) is 2.85. The van der Waals surface area contributed by atoms with E-state index in [-0.39, 0.29) is 6.10 Å². The lowest BCUT2D eigenvalue weighted by atomic mass is 9.78. The minimum Gasteiger partial charge on any atom is -0.375 e. The van der Waals surface area contributed by atoms with Crippen LogP contribution in [0.15, 0.2) is 24.3 Å². The number of methoxy groups -OCH3 is 1. The molecule has 3 fully saturated rings. The molecule has 180 valence electrons. The molecule has 32 heavy (non-hydrogen) atoms. The van der Waals surface area contributed by atoms with E-state index < -0.39 is 0 Å². The Morgan fingerprint density at radius 3 is 2.16 bits per heavy atom. The van der Waals surface area contributed by atoms with E-state index in [2.05, 4.69) is 48.7 Å². The van der Waals surface area contributed by atoms with Gasteiger partial charge in [-0.05, 0) is 81.9 Å². The molecule has 3 aliphatic rings. The van der Waals surface area contributed by atoms with Gasteiger partial charge in [-0.25, -0.2) is 0 Å². The van der Waals surface area contributed by atoms with E-state index in [9.17, 15) is 0 Å². The van der Waals surface area contributed by atoms with Crippen LogP contribution in [0.5, 0.6) is 0 Å². The van der Waals surface area contributed by atoms with Crippen LogP contribution in [0.2, 0.25) is 0 Å². The molecular weight excluding hydrogens is 396 g/mol. The van der Waals surface area contributed by atoms with Crippen molar-refractivity contribution in [3.63, 3.8) is 0 Å². The van der Waals surface area contributed by atoms with Crippen molar-refractivity contribution < 1.29 is 9.47 Å². The van der Waals surface area contributed by atoms with Crippen molar-refractivity contribution in [1.82, 2.24) is 10.6 Å². The molecule has 4 rings (SSSR count). The summed E-state index contributed by atoms with van der Waals surface area (Å²) in [5.74, 6) is 1.33. The Hall–Kier alpha value is -0.940. The molecule has 4 heteroatoms. The zero-order chi connectivity index (χ0) is 22.3. The topological polar surface area (TPSA) is 42.5 Å². The fraction of sp³-hybridized carbons (Fsp3) is 0.786. The second kappa shape index (κ2) is 12.0. The van der Waals surface area contributed by atoms with E-state index in [0.717, 1.165) is 19.0 Å². The van der Waals surface area contributed by atoms with Gasteiger partial charge in [0, 0.05) is 25.7 Å². The average molecular weight is 443 g/mol. The van der Waals surface area contributed by atoms with E-state index in [1.54, 1.807) is 0 Å². The fourth-order valence-corrected chi connectivity index (χ4v) is 6.38. The van der Waals surface area contributed by atoms with Gasteiger partial charge in [-0.2, -0.15) is 0 Å². The Bertz CT molecular complexity index is 657. The molecule has 0 aromatic heterocycles. The first-order valence-corrected chi connectivity index (χ1v) is 13.4. The highest BCUT2D eigenvalue weighted by atomic mass is 16.5. The van der Waals surface area contributed by atoms with Gasteiger partial charge in [0.15, 0.2) is 0 Å². The van der Waals surface area contributed by atoms with Crippen molar-refractivity contribution >= 4 is 0 Å². The third-order valence-electron chi connectivity index (χ3n) is 8.10. The predicted octanol–water partition coefficient (Wildman–Crippen LogP) is 5.73. The van der Waals surface area contributed by atoms with Crippen molar-refractivity contribution in [2.45, 2.75) is 114 Å². The maximum atomic E-state index is 6.50. The molecule has 0 amide bonds. The van der Waals surface area contributed by atoms with Crippen LogP contribution in [-0.2, 0) is 9.47 Å². The largest absolute Gasteiger partial charge is 0.375 e. The van der Waals surface area contributed by atoms with Gasteiger partial charge in [0.2, 0.25) is 0 Å². The number of piperidine rings is 2. The smallest absolute Gasteiger partial charge is 0.0973 e. The van der Waals surface area contributed by atoms with Gasteiger partial charge in [0.05, 0.1) is 18.3 Å². The molecule has 2 N–H and O–H groups in total. The van der Waals surface area contributed by atoms with Gasteiger partial charge in [-0.15, -0.1) is 0 Å². The summed E-state index contributed by atoms with van der Waals surface area (Å²) in [4.78, 5) is 0. The molecule has 5 atom stereocenters. The zero-order valence-electron chi connectivity index (χ0n) is 20.7. The van der Waals surface area contributed by atoms with Crippen LogP contribution in [0.3, 0.4) is 0 Å². The van der Waals surface area contributed by atoms with Crippen LogP contribution in [0.25, 0.3) is 0 Å². The normalized spacial score (nSPS) is 29.7. The third-order valence-corrected chi connectivity index (χ3v) is 8.10. The second-order valence-corrected chi connectivity index (χ2v) is 10.7. The molecule has 0 bridgehead atoms. The summed E-state index contributed by atoms with van der Waals surface area (Å²) in [5.41, 5.74) is 2.77. The summed E-state index contributed by atoms with van der Waals surface area (Å²) < 4.78 is 12.4.